The molecule has 1 aromatic carbocycles. The molecular weight excluding hydrogens is 316 g/mol. The zero-order valence-electron chi connectivity index (χ0n) is 16.0. The van der Waals surface area contributed by atoms with Crippen LogP contribution in [0.25, 0.3) is 0 Å². The normalized spacial score (nSPS) is 15.2. The predicted octanol–water partition coefficient (Wildman–Crippen LogP) is 2.01. The molecule has 1 heterocycles. The summed E-state index contributed by atoms with van der Waals surface area (Å²) in [7, 11) is 3.36. The molecule has 2 rings (SSSR count). The molecule has 0 saturated carbocycles. The van der Waals surface area contributed by atoms with Gasteiger partial charge in [0.1, 0.15) is 0 Å². The average molecular weight is 348 g/mol. The predicted molar refractivity (Wildman–Crippen MR) is 102 cm³/mol. The minimum absolute atomic E-state index is 0.546. The number of guanidine groups is 1. The van der Waals surface area contributed by atoms with E-state index < -0.39 is 0 Å². The van der Waals surface area contributed by atoms with E-state index in [0.717, 1.165) is 57.1 Å². The quantitative estimate of drug-likeness (QED) is 0.555. The molecule has 1 aliphatic heterocycles. The molecule has 0 saturated heterocycles. The summed E-state index contributed by atoms with van der Waals surface area (Å²) in [6, 6.07) is 4.19. The monoisotopic (exact) mass is 348 g/mol. The summed E-state index contributed by atoms with van der Waals surface area (Å²) in [5.74, 6) is 2.80. The third kappa shape index (κ3) is 5.81. The van der Waals surface area contributed by atoms with Crippen LogP contribution < -0.4 is 20.5 Å². The maximum atomic E-state index is 5.91. The van der Waals surface area contributed by atoms with Crippen molar-refractivity contribution in [1.29, 1.82) is 0 Å². The minimum Gasteiger partial charge on any atom is -0.493 e. The van der Waals surface area contributed by atoms with E-state index >= 15 is 0 Å². The summed E-state index contributed by atoms with van der Waals surface area (Å²) in [4.78, 5) is 6.78. The molecule has 0 amide bonds. The molecule has 6 heteroatoms. The van der Waals surface area contributed by atoms with Gasteiger partial charge in [-0.15, -0.1) is 0 Å². The Morgan fingerprint density at radius 2 is 1.92 bits per heavy atom. The summed E-state index contributed by atoms with van der Waals surface area (Å²) in [6.45, 7) is 8.87. The fraction of sp³-hybridized carbons (Fsp3) is 0.632. The highest BCUT2D eigenvalue weighted by atomic mass is 16.5. The first kappa shape index (κ1) is 19.4. The SMILES string of the molecule is COc1cc2c(cc1OC)CN(CCNC(N)=NCCC(C)C)CC2. The van der Waals surface area contributed by atoms with E-state index in [0.29, 0.717) is 11.9 Å². The summed E-state index contributed by atoms with van der Waals surface area (Å²) >= 11 is 0. The minimum atomic E-state index is 0.546. The van der Waals surface area contributed by atoms with Crippen molar-refractivity contribution in [2.24, 2.45) is 16.6 Å². The number of nitrogens with two attached hydrogens (primary N) is 1. The number of aliphatic imine (C=N–C) groups is 1. The molecule has 0 unspecified atom stereocenters. The van der Waals surface area contributed by atoms with Crippen LogP contribution in [0, 0.1) is 5.92 Å². The standard InChI is InChI=1S/C19H32N4O2/c1-14(2)5-7-21-19(20)22-8-10-23-9-6-15-11-17(24-3)18(25-4)12-16(15)13-23/h11-12,14H,5-10,13H2,1-4H3,(H3,20,21,22). The number of fused-ring (bicyclic) bond motifs is 1. The summed E-state index contributed by atoms with van der Waals surface area (Å²) in [5.41, 5.74) is 8.56. The lowest BCUT2D eigenvalue weighted by molar-refractivity contribution is 0.256. The molecule has 0 bridgehead atoms. The zero-order chi connectivity index (χ0) is 18.2. The Morgan fingerprint density at radius 3 is 2.56 bits per heavy atom. The molecule has 6 nitrogen and oxygen atoms in total. The van der Waals surface area contributed by atoms with Crippen LogP contribution in [-0.4, -0.2) is 51.3 Å². The highest BCUT2D eigenvalue weighted by molar-refractivity contribution is 5.77. The molecule has 0 radical (unpaired) electrons. The maximum absolute atomic E-state index is 5.91. The van der Waals surface area contributed by atoms with E-state index in [9.17, 15) is 0 Å². The van der Waals surface area contributed by atoms with Crippen molar-refractivity contribution in [1.82, 2.24) is 10.2 Å². The van der Waals surface area contributed by atoms with Gasteiger partial charge in [-0.25, -0.2) is 0 Å². The van der Waals surface area contributed by atoms with Crippen molar-refractivity contribution in [2.75, 3.05) is 40.4 Å². The van der Waals surface area contributed by atoms with Crippen LogP contribution in [-0.2, 0) is 13.0 Å². The molecule has 25 heavy (non-hydrogen) atoms. The second-order valence-corrected chi connectivity index (χ2v) is 6.88. The van der Waals surface area contributed by atoms with E-state index in [4.69, 9.17) is 15.2 Å². The Kier molecular flexibility index (Phi) is 7.37. The smallest absolute Gasteiger partial charge is 0.188 e. The second kappa shape index (κ2) is 9.51. The first-order chi connectivity index (χ1) is 12.0. The molecule has 0 fully saturated rings. The topological polar surface area (TPSA) is 72.1 Å². The summed E-state index contributed by atoms with van der Waals surface area (Å²) < 4.78 is 10.8. The van der Waals surface area contributed by atoms with Crippen molar-refractivity contribution in [3.05, 3.63) is 23.3 Å². The van der Waals surface area contributed by atoms with E-state index in [-0.39, 0.29) is 0 Å². The van der Waals surface area contributed by atoms with Crippen molar-refractivity contribution in [2.45, 2.75) is 33.2 Å². The molecule has 140 valence electrons. The van der Waals surface area contributed by atoms with E-state index in [1.165, 1.54) is 11.1 Å². The van der Waals surface area contributed by atoms with Gasteiger partial charge in [0, 0.05) is 32.7 Å². The molecule has 0 aromatic heterocycles. The lowest BCUT2D eigenvalue weighted by Gasteiger charge is -2.29. The number of ether oxygens (including phenoxy) is 2. The van der Waals surface area contributed by atoms with Gasteiger partial charge in [0.25, 0.3) is 0 Å². The van der Waals surface area contributed by atoms with Gasteiger partial charge in [-0.3, -0.25) is 9.89 Å². The number of rotatable bonds is 8. The number of methoxy groups -OCH3 is 2. The second-order valence-electron chi connectivity index (χ2n) is 6.88. The van der Waals surface area contributed by atoms with Crippen LogP contribution >= 0.6 is 0 Å². The number of nitrogens with one attached hydrogen (secondary N) is 1. The van der Waals surface area contributed by atoms with Crippen molar-refractivity contribution in [3.63, 3.8) is 0 Å². The highest BCUT2D eigenvalue weighted by Crippen LogP contribution is 2.33. The van der Waals surface area contributed by atoms with Gasteiger partial charge >= 0.3 is 0 Å². The Labute approximate surface area is 151 Å². The Morgan fingerprint density at radius 1 is 1.24 bits per heavy atom. The van der Waals surface area contributed by atoms with Gasteiger partial charge in [-0.2, -0.15) is 0 Å². The molecule has 0 aliphatic carbocycles. The Balaban J connectivity index is 1.82. The van der Waals surface area contributed by atoms with Crippen LogP contribution in [0.5, 0.6) is 11.5 Å². The first-order valence-electron chi connectivity index (χ1n) is 9.03. The van der Waals surface area contributed by atoms with Crippen LogP contribution in [0.2, 0.25) is 0 Å². The van der Waals surface area contributed by atoms with Gasteiger partial charge in [0.05, 0.1) is 14.2 Å². The number of hydrogen-bond acceptors (Lipinski definition) is 4. The summed E-state index contributed by atoms with van der Waals surface area (Å²) in [6.07, 6.45) is 2.09. The van der Waals surface area contributed by atoms with Crippen LogP contribution in [0.1, 0.15) is 31.4 Å². The number of hydrogen-bond donors (Lipinski definition) is 2. The highest BCUT2D eigenvalue weighted by Gasteiger charge is 2.19. The van der Waals surface area contributed by atoms with Gasteiger partial charge in [0.15, 0.2) is 17.5 Å². The number of benzene rings is 1. The van der Waals surface area contributed by atoms with E-state index in [1.807, 2.05) is 0 Å². The number of nitrogens with zero attached hydrogens (tertiary/aromatic N) is 2. The average Bonchev–Trinajstić information content (AvgIpc) is 2.60. The summed E-state index contributed by atoms with van der Waals surface area (Å²) in [5, 5.41) is 3.21. The molecule has 0 atom stereocenters. The fourth-order valence-electron chi connectivity index (χ4n) is 2.97. The third-order valence-corrected chi connectivity index (χ3v) is 4.52. The van der Waals surface area contributed by atoms with E-state index in [2.05, 4.69) is 41.2 Å². The molecule has 1 aromatic rings. The molecule has 1 aliphatic rings. The lowest BCUT2D eigenvalue weighted by Crippen LogP contribution is -2.40. The van der Waals surface area contributed by atoms with Gasteiger partial charge in [-0.05, 0) is 42.0 Å². The first-order valence-corrected chi connectivity index (χ1v) is 9.03. The van der Waals surface area contributed by atoms with Gasteiger partial charge in [-0.1, -0.05) is 13.8 Å². The van der Waals surface area contributed by atoms with Gasteiger partial charge in [0.2, 0.25) is 0 Å². The molecular formula is C19H32N4O2. The van der Waals surface area contributed by atoms with E-state index in [1.54, 1.807) is 14.2 Å². The van der Waals surface area contributed by atoms with Gasteiger partial charge < -0.3 is 20.5 Å². The third-order valence-electron chi connectivity index (χ3n) is 4.52. The largest absolute Gasteiger partial charge is 0.493 e. The Hall–Kier alpha value is -1.95. The van der Waals surface area contributed by atoms with Crippen molar-refractivity contribution >= 4 is 5.96 Å². The van der Waals surface area contributed by atoms with Crippen LogP contribution in [0.15, 0.2) is 17.1 Å². The Bertz CT molecular complexity index is 587. The van der Waals surface area contributed by atoms with Crippen LogP contribution in [0.3, 0.4) is 0 Å². The molecule has 3 N–H and O–H groups in total. The van der Waals surface area contributed by atoms with Crippen molar-refractivity contribution in [3.8, 4) is 11.5 Å². The van der Waals surface area contributed by atoms with Crippen LogP contribution in [0.4, 0.5) is 0 Å². The maximum Gasteiger partial charge on any atom is 0.188 e. The fourth-order valence-corrected chi connectivity index (χ4v) is 2.97. The molecule has 0 spiro atoms. The zero-order valence-corrected chi connectivity index (χ0v) is 16.0. The van der Waals surface area contributed by atoms with Crippen molar-refractivity contribution < 1.29 is 9.47 Å². The lowest BCUT2D eigenvalue weighted by atomic mass is 9.99.